The SMILES string of the molecule is COc1cccc(F)c1C(C)C1CC(=O)NC1=O. The maximum absolute atomic E-state index is 13.9. The van der Waals surface area contributed by atoms with E-state index in [0.717, 1.165) is 0 Å². The topological polar surface area (TPSA) is 55.4 Å². The molecule has 1 saturated heterocycles. The summed E-state index contributed by atoms with van der Waals surface area (Å²) in [5.74, 6) is -1.63. The van der Waals surface area contributed by atoms with Crippen molar-refractivity contribution in [2.45, 2.75) is 19.3 Å². The lowest BCUT2D eigenvalue weighted by Crippen LogP contribution is -2.24. The van der Waals surface area contributed by atoms with Gasteiger partial charge in [0.2, 0.25) is 11.8 Å². The first-order valence-electron chi connectivity index (χ1n) is 5.70. The van der Waals surface area contributed by atoms with Crippen LogP contribution in [0, 0.1) is 11.7 Å². The second-order valence-electron chi connectivity index (χ2n) is 4.37. The summed E-state index contributed by atoms with van der Waals surface area (Å²) in [6.45, 7) is 1.73. The predicted octanol–water partition coefficient (Wildman–Crippen LogP) is 1.60. The molecule has 0 spiro atoms. The first-order valence-corrected chi connectivity index (χ1v) is 5.70. The molecule has 2 unspecified atom stereocenters. The number of carbonyl (C=O) groups is 2. The van der Waals surface area contributed by atoms with E-state index in [0.29, 0.717) is 11.3 Å². The minimum atomic E-state index is -0.539. The number of benzene rings is 1. The van der Waals surface area contributed by atoms with Gasteiger partial charge in [-0.15, -0.1) is 0 Å². The molecule has 18 heavy (non-hydrogen) atoms. The molecule has 0 aromatic heterocycles. The summed E-state index contributed by atoms with van der Waals surface area (Å²) in [4.78, 5) is 22.8. The Hall–Kier alpha value is -1.91. The van der Waals surface area contributed by atoms with Crippen LogP contribution in [0.15, 0.2) is 18.2 Å². The van der Waals surface area contributed by atoms with Crippen molar-refractivity contribution >= 4 is 11.8 Å². The van der Waals surface area contributed by atoms with Crippen LogP contribution in [-0.4, -0.2) is 18.9 Å². The molecule has 0 radical (unpaired) electrons. The third kappa shape index (κ3) is 2.08. The van der Waals surface area contributed by atoms with Gasteiger partial charge in [-0.1, -0.05) is 13.0 Å². The van der Waals surface area contributed by atoms with Gasteiger partial charge in [0.1, 0.15) is 11.6 Å². The summed E-state index contributed by atoms with van der Waals surface area (Å²) in [5.41, 5.74) is 0.342. The number of carbonyl (C=O) groups excluding carboxylic acids is 2. The van der Waals surface area contributed by atoms with E-state index in [1.807, 2.05) is 0 Å². The molecule has 0 aliphatic carbocycles. The number of hydrogen-bond donors (Lipinski definition) is 1. The summed E-state index contributed by atoms with van der Waals surface area (Å²) in [7, 11) is 1.45. The molecule has 1 fully saturated rings. The lowest BCUT2D eigenvalue weighted by molar-refractivity contribution is -0.126. The third-order valence-corrected chi connectivity index (χ3v) is 3.30. The Kier molecular flexibility index (Phi) is 3.32. The number of hydrogen-bond acceptors (Lipinski definition) is 3. The first-order chi connectivity index (χ1) is 8.54. The minimum absolute atomic E-state index is 0.0947. The second kappa shape index (κ2) is 4.76. The molecule has 5 heteroatoms. The van der Waals surface area contributed by atoms with Gasteiger partial charge in [0.05, 0.1) is 13.0 Å². The van der Waals surface area contributed by atoms with Crippen molar-refractivity contribution in [3.05, 3.63) is 29.6 Å². The monoisotopic (exact) mass is 251 g/mol. The Morgan fingerprint density at radius 3 is 2.72 bits per heavy atom. The van der Waals surface area contributed by atoms with E-state index in [1.54, 1.807) is 19.1 Å². The largest absolute Gasteiger partial charge is 0.496 e. The Bertz CT molecular complexity index is 501. The highest BCUT2D eigenvalue weighted by atomic mass is 19.1. The van der Waals surface area contributed by atoms with E-state index in [1.165, 1.54) is 13.2 Å². The molecule has 2 amide bonds. The number of imide groups is 1. The molecule has 1 heterocycles. The highest BCUT2D eigenvalue weighted by Crippen LogP contribution is 2.36. The zero-order valence-electron chi connectivity index (χ0n) is 10.2. The number of amides is 2. The highest BCUT2D eigenvalue weighted by molar-refractivity contribution is 6.03. The molecular formula is C13H14FNO3. The molecule has 0 bridgehead atoms. The van der Waals surface area contributed by atoms with Crippen molar-refractivity contribution in [1.82, 2.24) is 5.32 Å². The minimum Gasteiger partial charge on any atom is -0.496 e. The van der Waals surface area contributed by atoms with Crippen LogP contribution in [0.5, 0.6) is 5.75 Å². The Morgan fingerprint density at radius 1 is 1.44 bits per heavy atom. The molecule has 1 aliphatic heterocycles. The van der Waals surface area contributed by atoms with Gasteiger partial charge < -0.3 is 4.74 Å². The Morgan fingerprint density at radius 2 is 2.17 bits per heavy atom. The highest BCUT2D eigenvalue weighted by Gasteiger charge is 2.37. The lowest BCUT2D eigenvalue weighted by atomic mass is 9.85. The summed E-state index contributed by atoms with van der Waals surface area (Å²) in [6.07, 6.45) is 0.0947. The second-order valence-corrected chi connectivity index (χ2v) is 4.37. The van der Waals surface area contributed by atoms with Crippen LogP contribution < -0.4 is 10.1 Å². The van der Waals surface area contributed by atoms with Crippen molar-refractivity contribution in [3.63, 3.8) is 0 Å². The van der Waals surface area contributed by atoms with Gasteiger partial charge in [-0.25, -0.2) is 4.39 Å². The normalized spacial score (nSPS) is 20.7. The van der Waals surface area contributed by atoms with Crippen LogP contribution in [0.3, 0.4) is 0 Å². The van der Waals surface area contributed by atoms with Gasteiger partial charge >= 0.3 is 0 Å². The predicted molar refractivity (Wildman–Crippen MR) is 62.6 cm³/mol. The van der Waals surface area contributed by atoms with Crippen LogP contribution in [0.2, 0.25) is 0 Å². The van der Waals surface area contributed by atoms with Crippen LogP contribution in [0.25, 0.3) is 0 Å². The van der Waals surface area contributed by atoms with E-state index in [4.69, 9.17) is 4.74 Å². The van der Waals surface area contributed by atoms with Gasteiger partial charge in [-0.05, 0) is 18.1 Å². The molecule has 96 valence electrons. The van der Waals surface area contributed by atoms with Gasteiger partial charge in [-0.3, -0.25) is 14.9 Å². The number of methoxy groups -OCH3 is 1. The van der Waals surface area contributed by atoms with E-state index < -0.39 is 17.7 Å². The van der Waals surface area contributed by atoms with Crippen LogP contribution in [0.1, 0.15) is 24.8 Å². The van der Waals surface area contributed by atoms with Crippen LogP contribution in [0.4, 0.5) is 4.39 Å². The molecular weight excluding hydrogens is 237 g/mol. The molecule has 1 N–H and O–H groups in total. The fourth-order valence-corrected chi connectivity index (χ4v) is 2.32. The van der Waals surface area contributed by atoms with Crippen molar-refractivity contribution in [2.75, 3.05) is 7.11 Å². The molecule has 1 aromatic rings. The Labute approximate surface area is 104 Å². The standard InChI is InChI=1S/C13H14FNO3/c1-7(8-6-11(16)15-13(8)17)12-9(14)4-3-5-10(12)18-2/h3-5,7-8H,6H2,1-2H3,(H,15,16,17). The van der Waals surface area contributed by atoms with Gasteiger partial charge in [0.25, 0.3) is 0 Å². The number of ether oxygens (including phenoxy) is 1. The average molecular weight is 251 g/mol. The smallest absolute Gasteiger partial charge is 0.230 e. The van der Waals surface area contributed by atoms with Crippen molar-refractivity contribution in [2.24, 2.45) is 5.92 Å². The van der Waals surface area contributed by atoms with Crippen molar-refractivity contribution in [1.29, 1.82) is 0 Å². The van der Waals surface area contributed by atoms with Gasteiger partial charge in [0, 0.05) is 12.0 Å². The van der Waals surface area contributed by atoms with Crippen LogP contribution >= 0.6 is 0 Å². The molecule has 2 rings (SSSR count). The third-order valence-electron chi connectivity index (χ3n) is 3.30. The van der Waals surface area contributed by atoms with Gasteiger partial charge in [0.15, 0.2) is 0 Å². The average Bonchev–Trinajstić information content (AvgIpc) is 2.67. The van der Waals surface area contributed by atoms with Crippen molar-refractivity contribution in [3.8, 4) is 5.75 Å². The summed E-state index contributed by atoms with van der Waals surface area (Å²) < 4.78 is 19.0. The number of nitrogens with one attached hydrogen (secondary N) is 1. The summed E-state index contributed by atoms with van der Waals surface area (Å²) >= 11 is 0. The quantitative estimate of drug-likeness (QED) is 0.830. The molecule has 2 atom stereocenters. The fraction of sp³-hybridized carbons (Fsp3) is 0.385. The molecule has 1 aliphatic rings. The summed E-state index contributed by atoms with van der Waals surface area (Å²) in [5, 5.41) is 2.23. The van der Waals surface area contributed by atoms with E-state index in [-0.39, 0.29) is 18.2 Å². The maximum atomic E-state index is 13.9. The van der Waals surface area contributed by atoms with Gasteiger partial charge in [-0.2, -0.15) is 0 Å². The zero-order valence-corrected chi connectivity index (χ0v) is 10.2. The summed E-state index contributed by atoms with van der Waals surface area (Å²) in [6, 6.07) is 4.51. The Balaban J connectivity index is 2.37. The molecule has 1 aromatic carbocycles. The molecule has 4 nitrogen and oxygen atoms in total. The maximum Gasteiger partial charge on any atom is 0.230 e. The molecule has 0 saturated carbocycles. The number of rotatable bonds is 3. The lowest BCUT2D eigenvalue weighted by Gasteiger charge is -2.19. The van der Waals surface area contributed by atoms with Crippen molar-refractivity contribution < 1.29 is 18.7 Å². The number of halogens is 1. The first kappa shape index (κ1) is 12.5. The van der Waals surface area contributed by atoms with Crippen LogP contribution in [-0.2, 0) is 9.59 Å². The fourth-order valence-electron chi connectivity index (χ4n) is 2.32. The van der Waals surface area contributed by atoms with E-state index in [2.05, 4.69) is 5.32 Å². The van der Waals surface area contributed by atoms with E-state index >= 15 is 0 Å². The zero-order chi connectivity index (χ0) is 13.3. The van der Waals surface area contributed by atoms with E-state index in [9.17, 15) is 14.0 Å².